The van der Waals surface area contributed by atoms with Crippen molar-refractivity contribution < 1.29 is 22.0 Å². The van der Waals surface area contributed by atoms with Crippen LogP contribution in [0.4, 0.5) is 27.9 Å². The van der Waals surface area contributed by atoms with Crippen molar-refractivity contribution in [2.24, 2.45) is 0 Å². The molecule has 0 bridgehead atoms. The second kappa shape index (κ2) is 9.76. The van der Waals surface area contributed by atoms with Gasteiger partial charge < -0.3 is 10.3 Å². The van der Waals surface area contributed by atoms with Crippen molar-refractivity contribution in [1.82, 2.24) is 29.7 Å². The minimum atomic E-state index is -4.74. The molecule has 1 aliphatic rings. The summed E-state index contributed by atoms with van der Waals surface area (Å²) in [6, 6.07) is 3.78. The Kier molecular flexibility index (Phi) is 6.49. The normalized spacial score (nSPS) is 18.3. The molecule has 4 aromatic heterocycles. The standard InChI is InChI=1S/C24H21F5N8/c25-20(26)12-37-11-15(8-34-37)21-19(24(27,28)29)10-33-23(36-21)35-16-3-1-2-14(5-16)18-9-32-22-17(18)4-13(6-30)7-31-22/h4,7-11,14,16,20H,1-3,5,12H2,(H,31,32)(H,33,35,36)/t14-,16+/m0/s1. The third-order valence-electron chi connectivity index (χ3n) is 6.47. The second-order valence-electron chi connectivity index (χ2n) is 8.98. The van der Waals surface area contributed by atoms with E-state index in [-0.39, 0.29) is 23.5 Å². The van der Waals surface area contributed by atoms with Gasteiger partial charge in [-0.05, 0) is 36.8 Å². The molecule has 192 valence electrons. The van der Waals surface area contributed by atoms with Crippen molar-refractivity contribution in [3.63, 3.8) is 0 Å². The lowest BCUT2D eigenvalue weighted by atomic mass is 9.81. The number of alkyl halides is 5. The highest BCUT2D eigenvalue weighted by Crippen LogP contribution is 2.39. The molecule has 0 spiro atoms. The predicted molar refractivity (Wildman–Crippen MR) is 124 cm³/mol. The number of nitrogens with zero attached hydrogens (tertiary/aromatic N) is 6. The molecule has 0 aromatic carbocycles. The summed E-state index contributed by atoms with van der Waals surface area (Å²) in [5, 5.41) is 17.0. The lowest BCUT2D eigenvalue weighted by molar-refractivity contribution is -0.137. The van der Waals surface area contributed by atoms with Gasteiger partial charge in [-0.25, -0.2) is 23.7 Å². The van der Waals surface area contributed by atoms with E-state index in [4.69, 9.17) is 0 Å². The van der Waals surface area contributed by atoms with Gasteiger partial charge in [-0.15, -0.1) is 0 Å². The number of H-pyrrole nitrogens is 1. The first-order valence-corrected chi connectivity index (χ1v) is 11.6. The van der Waals surface area contributed by atoms with Crippen molar-refractivity contribution in [2.45, 2.75) is 56.8 Å². The van der Waals surface area contributed by atoms with Crippen molar-refractivity contribution in [1.29, 1.82) is 5.26 Å². The van der Waals surface area contributed by atoms with Gasteiger partial charge in [-0.3, -0.25) is 4.68 Å². The molecule has 1 aliphatic carbocycles. The van der Waals surface area contributed by atoms with Crippen LogP contribution >= 0.6 is 0 Å². The summed E-state index contributed by atoms with van der Waals surface area (Å²) in [7, 11) is 0. The summed E-state index contributed by atoms with van der Waals surface area (Å²) in [6.07, 6.45) is 2.08. The molecule has 0 saturated heterocycles. The fourth-order valence-corrected chi connectivity index (χ4v) is 4.81. The lowest BCUT2D eigenvalue weighted by Crippen LogP contribution is -2.27. The zero-order valence-electron chi connectivity index (χ0n) is 19.3. The maximum Gasteiger partial charge on any atom is 0.419 e. The quantitative estimate of drug-likeness (QED) is 0.327. The zero-order valence-corrected chi connectivity index (χ0v) is 19.3. The van der Waals surface area contributed by atoms with Crippen LogP contribution in [0.3, 0.4) is 0 Å². The number of anilines is 1. The van der Waals surface area contributed by atoms with Gasteiger partial charge in [-0.1, -0.05) is 6.42 Å². The fourth-order valence-electron chi connectivity index (χ4n) is 4.81. The van der Waals surface area contributed by atoms with Crippen LogP contribution < -0.4 is 5.32 Å². The van der Waals surface area contributed by atoms with E-state index in [0.29, 0.717) is 23.8 Å². The number of nitrogens with one attached hydrogen (secondary N) is 2. The Morgan fingerprint density at radius 2 is 2.03 bits per heavy atom. The van der Waals surface area contributed by atoms with E-state index in [0.717, 1.165) is 47.3 Å². The highest BCUT2D eigenvalue weighted by atomic mass is 19.4. The second-order valence-corrected chi connectivity index (χ2v) is 8.98. The first-order valence-electron chi connectivity index (χ1n) is 11.6. The molecule has 1 fully saturated rings. The molecule has 1 saturated carbocycles. The smallest absolute Gasteiger partial charge is 0.351 e. The molecule has 0 amide bonds. The van der Waals surface area contributed by atoms with Gasteiger partial charge in [0.1, 0.15) is 23.8 Å². The number of rotatable bonds is 6. The van der Waals surface area contributed by atoms with E-state index in [9.17, 15) is 27.2 Å². The van der Waals surface area contributed by atoms with Crippen LogP contribution in [-0.2, 0) is 12.7 Å². The molecule has 0 aliphatic heterocycles. The Hall–Kier alpha value is -4.08. The average molecular weight is 516 g/mol. The van der Waals surface area contributed by atoms with Gasteiger partial charge in [-0.2, -0.15) is 23.5 Å². The van der Waals surface area contributed by atoms with Crippen molar-refractivity contribution in [3.8, 4) is 17.3 Å². The van der Waals surface area contributed by atoms with Gasteiger partial charge in [0.05, 0.1) is 17.5 Å². The molecule has 0 unspecified atom stereocenters. The Morgan fingerprint density at radius 3 is 2.78 bits per heavy atom. The number of hydrogen-bond donors (Lipinski definition) is 2. The first-order chi connectivity index (χ1) is 17.7. The van der Waals surface area contributed by atoms with Crippen LogP contribution in [0.15, 0.2) is 37.1 Å². The fraction of sp³-hybridized carbons (Fsp3) is 0.375. The molecule has 8 nitrogen and oxygen atoms in total. The predicted octanol–water partition coefficient (Wildman–Crippen LogP) is 5.51. The third kappa shape index (κ3) is 5.23. The topological polar surface area (TPSA) is 108 Å². The molecule has 2 N–H and O–H groups in total. The molecular formula is C24H21F5N8. The van der Waals surface area contributed by atoms with Gasteiger partial charge in [0.25, 0.3) is 6.43 Å². The number of halogens is 5. The summed E-state index contributed by atoms with van der Waals surface area (Å²) in [6.45, 7) is -0.736. The van der Waals surface area contributed by atoms with Gasteiger partial charge in [0.2, 0.25) is 5.95 Å². The molecule has 5 rings (SSSR count). The maximum atomic E-state index is 13.7. The summed E-state index contributed by atoms with van der Waals surface area (Å²) in [5.74, 6) is 0.153. The van der Waals surface area contributed by atoms with Crippen LogP contribution in [0.2, 0.25) is 0 Å². The summed E-state index contributed by atoms with van der Waals surface area (Å²) in [4.78, 5) is 15.4. The molecule has 4 aromatic rings. The molecule has 0 radical (unpaired) electrons. The van der Waals surface area contributed by atoms with E-state index < -0.39 is 30.4 Å². The monoisotopic (exact) mass is 516 g/mol. The molecule has 2 atom stereocenters. The van der Waals surface area contributed by atoms with Crippen LogP contribution in [0.5, 0.6) is 0 Å². The highest BCUT2D eigenvalue weighted by Gasteiger charge is 2.36. The van der Waals surface area contributed by atoms with Gasteiger partial charge >= 0.3 is 6.18 Å². The number of aromatic amines is 1. The summed E-state index contributed by atoms with van der Waals surface area (Å²) < 4.78 is 67.2. The number of hydrogen-bond acceptors (Lipinski definition) is 6. The number of fused-ring (bicyclic) bond motifs is 1. The Balaban J connectivity index is 1.39. The van der Waals surface area contributed by atoms with E-state index in [2.05, 4.69) is 36.4 Å². The molecular weight excluding hydrogens is 495 g/mol. The average Bonchev–Trinajstić information content (AvgIpc) is 3.49. The Morgan fingerprint density at radius 1 is 1.19 bits per heavy atom. The molecule has 13 heteroatoms. The van der Waals surface area contributed by atoms with E-state index >= 15 is 0 Å². The third-order valence-corrected chi connectivity index (χ3v) is 6.47. The van der Waals surface area contributed by atoms with E-state index in [1.54, 1.807) is 6.07 Å². The lowest BCUT2D eigenvalue weighted by Gasteiger charge is -2.30. The largest absolute Gasteiger partial charge is 0.419 e. The zero-order chi connectivity index (χ0) is 26.2. The minimum absolute atomic E-state index is 0.0163. The SMILES string of the molecule is N#Cc1cnc2[nH]cc([C@H]3CCC[C@@H](Nc4ncc(C(F)(F)F)c(-c5cnn(CC(F)F)c5)n4)C3)c2c1. The van der Waals surface area contributed by atoms with Crippen LogP contribution in [-0.4, -0.2) is 42.2 Å². The number of nitriles is 1. The van der Waals surface area contributed by atoms with Crippen LogP contribution in [0.1, 0.15) is 48.3 Å². The number of pyridine rings is 1. The van der Waals surface area contributed by atoms with E-state index in [1.807, 2.05) is 6.20 Å². The van der Waals surface area contributed by atoms with Gasteiger partial charge in [0, 0.05) is 41.8 Å². The van der Waals surface area contributed by atoms with Crippen molar-refractivity contribution >= 4 is 17.0 Å². The highest BCUT2D eigenvalue weighted by molar-refractivity contribution is 5.81. The molecule has 37 heavy (non-hydrogen) atoms. The van der Waals surface area contributed by atoms with Crippen LogP contribution in [0, 0.1) is 11.3 Å². The minimum Gasteiger partial charge on any atom is -0.351 e. The van der Waals surface area contributed by atoms with Crippen LogP contribution in [0.25, 0.3) is 22.3 Å². The Bertz CT molecular complexity index is 1450. The van der Waals surface area contributed by atoms with Crippen molar-refractivity contribution in [2.75, 3.05) is 5.32 Å². The van der Waals surface area contributed by atoms with Gasteiger partial charge in [0.15, 0.2) is 0 Å². The van der Waals surface area contributed by atoms with Crippen molar-refractivity contribution in [3.05, 3.63) is 53.7 Å². The molecule has 4 heterocycles. The number of aromatic nitrogens is 6. The Labute approximate surface area is 207 Å². The first kappa shape index (κ1) is 24.6. The maximum absolute atomic E-state index is 13.7. The summed E-state index contributed by atoms with van der Waals surface area (Å²) in [5.41, 5.74) is 0.653. The van der Waals surface area contributed by atoms with E-state index in [1.165, 1.54) is 6.20 Å². The summed E-state index contributed by atoms with van der Waals surface area (Å²) >= 11 is 0.